The van der Waals surface area contributed by atoms with Crippen molar-refractivity contribution in [3.05, 3.63) is 89.4 Å². The monoisotopic (exact) mass is 422 g/mol. The van der Waals surface area contributed by atoms with E-state index in [-0.39, 0.29) is 11.8 Å². The van der Waals surface area contributed by atoms with Crippen LogP contribution in [-0.4, -0.2) is 17.9 Å². The Balaban J connectivity index is 1.46. The van der Waals surface area contributed by atoms with Crippen molar-refractivity contribution in [1.82, 2.24) is 0 Å². The normalized spacial score (nSPS) is 11.4. The number of aryl methyl sites for hydroxylation is 1. The second kappa shape index (κ2) is 10.5. The SMILES string of the molecule is C[C@@H](Oc1ccc(Cl)cc1)C(=O)Nc1ccc(NC(=O)CCc2ccccc2)cc1. The van der Waals surface area contributed by atoms with E-state index in [2.05, 4.69) is 10.6 Å². The van der Waals surface area contributed by atoms with E-state index in [0.29, 0.717) is 35.0 Å². The summed E-state index contributed by atoms with van der Waals surface area (Å²) in [6, 6.07) is 23.7. The molecule has 154 valence electrons. The molecule has 0 radical (unpaired) electrons. The van der Waals surface area contributed by atoms with Gasteiger partial charge in [-0.3, -0.25) is 9.59 Å². The first-order valence-corrected chi connectivity index (χ1v) is 10.0. The maximum Gasteiger partial charge on any atom is 0.265 e. The maximum absolute atomic E-state index is 12.3. The number of rotatable bonds is 8. The van der Waals surface area contributed by atoms with Gasteiger partial charge in [-0.2, -0.15) is 0 Å². The van der Waals surface area contributed by atoms with Crippen LogP contribution in [0.3, 0.4) is 0 Å². The summed E-state index contributed by atoms with van der Waals surface area (Å²) >= 11 is 5.85. The van der Waals surface area contributed by atoms with Crippen LogP contribution in [0.1, 0.15) is 18.9 Å². The van der Waals surface area contributed by atoms with Crippen LogP contribution in [0, 0.1) is 0 Å². The Morgan fingerprint density at radius 2 is 1.47 bits per heavy atom. The van der Waals surface area contributed by atoms with Gasteiger partial charge in [-0.25, -0.2) is 0 Å². The largest absolute Gasteiger partial charge is 0.481 e. The van der Waals surface area contributed by atoms with Gasteiger partial charge in [0.1, 0.15) is 5.75 Å². The third-order valence-electron chi connectivity index (χ3n) is 4.42. The number of carbonyl (C=O) groups excluding carboxylic acids is 2. The zero-order valence-electron chi connectivity index (χ0n) is 16.6. The Morgan fingerprint density at radius 3 is 2.10 bits per heavy atom. The summed E-state index contributed by atoms with van der Waals surface area (Å²) in [4.78, 5) is 24.5. The molecule has 3 rings (SSSR count). The van der Waals surface area contributed by atoms with Crippen LogP contribution < -0.4 is 15.4 Å². The van der Waals surface area contributed by atoms with Crippen LogP contribution in [0.4, 0.5) is 11.4 Å². The smallest absolute Gasteiger partial charge is 0.265 e. The Kier molecular flexibility index (Phi) is 7.46. The molecule has 2 N–H and O–H groups in total. The van der Waals surface area contributed by atoms with E-state index in [1.165, 1.54) is 0 Å². The number of carbonyl (C=O) groups is 2. The topological polar surface area (TPSA) is 67.4 Å². The molecule has 0 heterocycles. The number of hydrogen-bond donors (Lipinski definition) is 2. The van der Waals surface area contributed by atoms with E-state index < -0.39 is 6.10 Å². The first-order valence-electron chi connectivity index (χ1n) is 9.66. The molecule has 0 aliphatic heterocycles. The lowest BCUT2D eigenvalue weighted by Crippen LogP contribution is -2.30. The van der Waals surface area contributed by atoms with Crippen LogP contribution in [0.25, 0.3) is 0 Å². The molecule has 0 aliphatic rings. The molecular formula is C24H23ClN2O3. The lowest BCUT2D eigenvalue weighted by molar-refractivity contribution is -0.122. The van der Waals surface area contributed by atoms with E-state index in [9.17, 15) is 9.59 Å². The molecule has 0 aromatic heterocycles. The molecule has 0 unspecified atom stereocenters. The molecule has 6 heteroatoms. The molecule has 0 saturated carbocycles. The van der Waals surface area contributed by atoms with E-state index in [1.807, 2.05) is 30.3 Å². The van der Waals surface area contributed by atoms with E-state index in [4.69, 9.17) is 16.3 Å². The molecular weight excluding hydrogens is 400 g/mol. The van der Waals surface area contributed by atoms with Gasteiger partial charge >= 0.3 is 0 Å². The van der Waals surface area contributed by atoms with Crippen LogP contribution in [0.2, 0.25) is 5.02 Å². The molecule has 2 amide bonds. The molecule has 3 aromatic carbocycles. The Bertz CT molecular complexity index is 974. The number of anilines is 2. The van der Waals surface area contributed by atoms with Crippen LogP contribution >= 0.6 is 11.6 Å². The van der Waals surface area contributed by atoms with Crippen molar-refractivity contribution in [1.29, 1.82) is 0 Å². The van der Waals surface area contributed by atoms with Gasteiger partial charge in [0.05, 0.1) is 0 Å². The molecule has 0 spiro atoms. The fourth-order valence-electron chi connectivity index (χ4n) is 2.78. The van der Waals surface area contributed by atoms with Gasteiger partial charge in [0, 0.05) is 22.8 Å². The van der Waals surface area contributed by atoms with Gasteiger partial charge in [0.25, 0.3) is 5.91 Å². The highest BCUT2D eigenvalue weighted by Gasteiger charge is 2.15. The molecule has 5 nitrogen and oxygen atoms in total. The van der Waals surface area contributed by atoms with Crippen LogP contribution in [0.5, 0.6) is 5.75 Å². The van der Waals surface area contributed by atoms with E-state index in [0.717, 1.165) is 5.56 Å². The molecule has 1 atom stereocenters. The number of nitrogens with one attached hydrogen (secondary N) is 2. The van der Waals surface area contributed by atoms with Crippen LogP contribution in [-0.2, 0) is 16.0 Å². The van der Waals surface area contributed by atoms with Crippen molar-refractivity contribution in [2.75, 3.05) is 10.6 Å². The fourth-order valence-corrected chi connectivity index (χ4v) is 2.90. The Hall–Kier alpha value is -3.31. The fraction of sp³-hybridized carbons (Fsp3) is 0.167. The van der Waals surface area contributed by atoms with E-state index >= 15 is 0 Å². The van der Waals surface area contributed by atoms with Crippen molar-refractivity contribution < 1.29 is 14.3 Å². The van der Waals surface area contributed by atoms with Crippen molar-refractivity contribution in [2.45, 2.75) is 25.9 Å². The summed E-state index contributed by atoms with van der Waals surface area (Å²) in [7, 11) is 0. The molecule has 30 heavy (non-hydrogen) atoms. The highest BCUT2D eigenvalue weighted by molar-refractivity contribution is 6.30. The highest BCUT2D eigenvalue weighted by Crippen LogP contribution is 2.18. The minimum absolute atomic E-state index is 0.0550. The third kappa shape index (κ3) is 6.64. The minimum atomic E-state index is -0.677. The lowest BCUT2D eigenvalue weighted by Gasteiger charge is -2.15. The first kappa shape index (κ1) is 21.4. The summed E-state index contributed by atoms with van der Waals surface area (Å²) in [5, 5.41) is 6.27. The summed E-state index contributed by atoms with van der Waals surface area (Å²) < 4.78 is 5.62. The summed E-state index contributed by atoms with van der Waals surface area (Å²) in [5.41, 5.74) is 2.42. The zero-order valence-corrected chi connectivity index (χ0v) is 17.4. The average molecular weight is 423 g/mol. The number of ether oxygens (including phenoxy) is 1. The van der Waals surface area contributed by atoms with Gasteiger partial charge in [0.2, 0.25) is 5.91 Å². The second-order valence-electron chi connectivity index (χ2n) is 6.81. The van der Waals surface area contributed by atoms with Crippen molar-refractivity contribution in [3.8, 4) is 5.75 Å². The van der Waals surface area contributed by atoms with Crippen molar-refractivity contribution >= 4 is 34.8 Å². The molecule has 0 saturated heterocycles. The number of amides is 2. The summed E-state index contributed by atoms with van der Waals surface area (Å²) in [5.74, 6) is 0.237. The Morgan fingerprint density at radius 1 is 0.867 bits per heavy atom. The molecule has 0 aliphatic carbocycles. The van der Waals surface area contributed by atoms with Gasteiger partial charge in [-0.15, -0.1) is 0 Å². The molecule has 0 fully saturated rings. The lowest BCUT2D eigenvalue weighted by atomic mass is 10.1. The Labute approximate surface area is 181 Å². The van der Waals surface area contributed by atoms with Crippen molar-refractivity contribution in [2.24, 2.45) is 0 Å². The van der Waals surface area contributed by atoms with E-state index in [1.54, 1.807) is 55.5 Å². The third-order valence-corrected chi connectivity index (χ3v) is 4.67. The van der Waals surface area contributed by atoms with Gasteiger partial charge in [-0.05, 0) is 67.4 Å². The summed E-state index contributed by atoms with van der Waals surface area (Å²) in [6.45, 7) is 1.67. The second-order valence-corrected chi connectivity index (χ2v) is 7.25. The van der Waals surface area contributed by atoms with Crippen molar-refractivity contribution in [3.63, 3.8) is 0 Å². The maximum atomic E-state index is 12.3. The van der Waals surface area contributed by atoms with Gasteiger partial charge in [0.15, 0.2) is 6.10 Å². The number of halogens is 1. The zero-order chi connectivity index (χ0) is 21.3. The average Bonchev–Trinajstić information content (AvgIpc) is 2.76. The van der Waals surface area contributed by atoms with Crippen LogP contribution in [0.15, 0.2) is 78.9 Å². The highest BCUT2D eigenvalue weighted by atomic mass is 35.5. The van der Waals surface area contributed by atoms with Gasteiger partial charge in [-0.1, -0.05) is 41.9 Å². The molecule has 0 bridgehead atoms. The predicted molar refractivity (Wildman–Crippen MR) is 120 cm³/mol. The quantitative estimate of drug-likeness (QED) is 0.516. The van der Waals surface area contributed by atoms with Gasteiger partial charge < -0.3 is 15.4 Å². The number of hydrogen-bond acceptors (Lipinski definition) is 3. The molecule has 3 aromatic rings. The first-order chi connectivity index (χ1) is 14.5. The standard InChI is InChI=1S/C24H23ClN2O3/c1-17(30-22-14-8-19(25)9-15-22)24(29)27-21-12-10-20(11-13-21)26-23(28)16-7-18-5-3-2-4-6-18/h2-6,8-15,17H,7,16H2,1H3,(H,26,28)(H,27,29)/t17-/m1/s1. The summed E-state index contributed by atoms with van der Waals surface area (Å²) in [6.07, 6.45) is 0.414. The minimum Gasteiger partial charge on any atom is -0.481 e. The predicted octanol–water partition coefficient (Wildman–Crippen LogP) is 5.32. The number of benzene rings is 3.